The Labute approximate surface area is 216 Å². The minimum atomic E-state index is -3.98. The number of hydrogen-bond donors (Lipinski definition) is 4. The first-order valence-electron chi connectivity index (χ1n) is 13.3. The molecule has 3 aromatic rings. The highest BCUT2D eigenvalue weighted by Gasteiger charge is 2.22. The van der Waals surface area contributed by atoms with Gasteiger partial charge in [0, 0.05) is 55.4 Å². The Kier molecular flexibility index (Phi) is 5.34. The summed E-state index contributed by atoms with van der Waals surface area (Å²) in [5, 5.41) is 17.7. The third kappa shape index (κ3) is 6.79. The zero-order valence-electron chi connectivity index (χ0n) is 25.3. The van der Waals surface area contributed by atoms with E-state index < -0.39 is 64.6 Å². The topological polar surface area (TPSA) is 151 Å². The second kappa shape index (κ2) is 10.4. The Bertz CT molecular complexity index is 1590. The molecule has 0 bridgehead atoms. The van der Waals surface area contributed by atoms with Crippen molar-refractivity contribution in [3.8, 4) is 22.5 Å². The zero-order valence-corrected chi connectivity index (χ0v) is 19.9. The van der Waals surface area contributed by atoms with Gasteiger partial charge in [0.1, 0.15) is 5.69 Å². The summed E-state index contributed by atoms with van der Waals surface area (Å²) < 4.78 is 97.2. The summed E-state index contributed by atoms with van der Waals surface area (Å²) in [6.07, 6.45) is 1.67. The number of nitrogens with zero attached hydrogens (tertiary/aromatic N) is 4. The maximum Gasteiger partial charge on any atom is 0.404 e. The Morgan fingerprint density at radius 3 is 2.77 bits per heavy atom. The van der Waals surface area contributed by atoms with Crippen LogP contribution < -0.4 is 15.4 Å². The van der Waals surface area contributed by atoms with Gasteiger partial charge in [0.05, 0.1) is 19.0 Å². The van der Waals surface area contributed by atoms with Crippen LogP contribution in [0.25, 0.3) is 22.5 Å². The molecule has 0 aliphatic carbocycles. The number of aromatic nitrogens is 4. The van der Waals surface area contributed by atoms with Crippen LogP contribution in [0.1, 0.15) is 36.2 Å². The molecule has 1 unspecified atom stereocenters. The van der Waals surface area contributed by atoms with Crippen LogP contribution in [0, 0.1) is 5.82 Å². The first-order valence-corrected chi connectivity index (χ1v) is 12.0. The number of anilines is 2. The molecule has 0 saturated heterocycles. The monoisotopic (exact) mass is 532 g/mol. The lowest BCUT2D eigenvalue weighted by Gasteiger charge is -2.13. The van der Waals surface area contributed by atoms with Crippen molar-refractivity contribution in [2.24, 2.45) is 0 Å². The van der Waals surface area contributed by atoms with Crippen molar-refractivity contribution in [3.63, 3.8) is 0 Å². The van der Waals surface area contributed by atoms with Gasteiger partial charge in [0.2, 0.25) is 16.0 Å². The highest BCUT2D eigenvalue weighted by molar-refractivity contribution is 7.92. The van der Waals surface area contributed by atoms with Gasteiger partial charge in [-0.25, -0.2) is 27.6 Å². The maximum absolute atomic E-state index is 15.7. The van der Waals surface area contributed by atoms with Gasteiger partial charge in [-0.2, -0.15) is 5.10 Å². The van der Waals surface area contributed by atoms with E-state index in [1.807, 2.05) is 4.72 Å². The fourth-order valence-electron chi connectivity index (χ4n) is 3.01. The molecule has 0 aliphatic rings. The third-order valence-corrected chi connectivity index (χ3v) is 5.21. The van der Waals surface area contributed by atoms with E-state index in [-0.39, 0.29) is 28.8 Å². The van der Waals surface area contributed by atoms with Crippen LogP contribution in [-0.4, -0.2) is 58.2 Å². The molecule has 11 nitrogen and oxygen atoms in total. The summed E-state index contributed by atoms with van der Waals surface area (Å²) in [6.45, 7) is -5.31. The summed E-state index contributed by atoms with van der Waals surface area (Å²) in [5.74, 6) is -1.23. The smallest absolute Gasteiger partial charge is 0.404 e. The Morgan fingerprint density at radius 2 is 2.11 bits per heavy atom. The predicted molar refractivity (Wildman–Crippen MR) is 132 cm³/mol. The molecule has 0 spiro atoms. The Hall–Kier alpha value is -3.45. The first-order chi connectivity index (χ1) is 19.1. The molecule has 188 valence electrons. The Balaban J connectivity index is 2.28. The maximum atomic E-state index is 15.7. The predicted octanol–water partition coefficient (Wildman–Crippen LogP) is 3.82. The highest BCUT2D eigenvalue weighted by atomic mass is 35.5. The van der Waals surface area contributed by atoms with E-state index in [4.69, 9.17) is 26.3 Å². The summed E-state index contributed by atoms with van der Waals surface area (Å²) >= 11 is 6.14. The van der Waals surface area contributed by atoms with Gasteiger partial charge in [-0.05, 0) is 38.8 Å². The molecule has 1 atom stereocenters. The summed E-state index contributed by atoms with van der Waals surface area (Å²) in [5.41, 5.74) is -1.65. The lowest BCUT2D eigenvalue weighted by atomic mass is 10.0. The molecule has 0 saturated carbocycles. The second-order valence-corrected chi connectivity index (χ2v) is 9.56. The van der Waals surface area contributed by atoms with Crippen LogP contribution in [0.15, 0.2) is 30.6 Å². The van der Waals surface area contributed by atoms with Gasteiger partial charge in [-0.3, -0.25) is 9.40 Å². The van der Waals surface area contributed by atoms with E-state index in [1.54, 1.807) is 6.92 Å². The van der Waals surface area contributed by atoms with E-state index in [1.165, 1.54) is 12.3 Å². The number of benzene rings is 1. The van der Waals surface area contributed by atoms with Crippen molar-refractivity contribution in [3.05, 3.63) is 41.4 Å². The number of halogens is 2. The molecule has 0 radical (unpaired) electrons. The fraction of sp³-hybridized carbons (Fsp3) is 0.333. The summed E-state index contributed by atoms with van der Waals surface area (Å²) in [4.78, 5) is 19.2. The largest absolute Gasteiger partial charge is 0.465 e. The van der Waals surface area contributed by atoms with Crippen LogP contribution in [0.4, 0.5) is 20.8 Å². The second-order valence-electron chi connectivity index (χ2n) is 7.37. The molecule has 1 aromatic carbocycles. The van der Waals surface area contributed by atoms with E-state index in [0.29, 0.717) is 4.68 Å². The van der Waals surface area contributed by atoms with Crippen LogP contribution in [0.3, 0.4) is 0 Å². The van der Waals surface area contributed by atoms with Crippen LogP contribution in [-0.2, 0) is 10.0 Å². The van der Waals surface area contributed by atoms with E-state index >= 15 is 4.39 Å². The van der Waals surface area contributed by atoms with Crippen LogP contribution in [0.2, 0.25) is 5.02 Å². The van der Waals surface area contributed by atoms with Gasteiger partial charge in [0.25, 0.3) is 0 Å². The number of carboxylic acid groups (broad SMARTS) is 1. The fourth-order valence-corrected chi connectivity index (χ4v) is 3.78. The number of sulfonamides is 1. The number of amides is 1. The summed E-state index contributed by atoms with van der Waals surface area (Å²) in [6, 6.07) is -0.574. The minimum absolute atomic E-state index is 0.0389. The average Bonchev–Trinajstić information content (AvgIpc) is 3.27. The van der Waals surface area contributed by atoms with Crippen LogP contribution >= 0.6 is 11.6 Å². The van der Waals surface area contributed by atoms with Crippen molar-refractivity contribution >= 4 is 39.4 Å². The van der Waals surface area contributed by atoms with Crippen molar-refractivity contribution in [1.29, 1.82) is 0 Å². The van der Waals surface area contributed by atoms with E-state index in [9.17, 15) is 13.2 Å². The SMILES string of the molecule is [2H]C([2H])([2H])C([2H])(n1cc(-c2ccnc(NCC(C)NC(=O)O)n2)c(-c2cc(Cl)cc(NS(C)(=O)=O)c2F)n1)C([2H])([2H])[2H]. The molecule has 2 aromatic heterocycles. The summed E-state index contributed by atoms with van der Waals surface area (Å²) in [7, 11) is -3.98. The average molecular weight is 533 g/mol. The first kappa shape index (κ1) is 17.9. The molecular formula is C21H25ClFN7O4S. The molecule has 2 heterocycles. The Morgan fingerprint density at radius 1 is 1.37 bits per heavy atom. The highest BCUT2D eigenvalue weighted by Crippen LogP contribution is 2.37. The molecule has 0 aliphatic heterocycles. The molecule has 35 heavy (non-hydrogen) atoms. The number of carbonyl (C=O) groups is 1. The van der Waals surface area contributed by atoms with Crippen molar-refractivity contribution in [2.45, 2.75) is 32.7 Å². The van der Waals surface area contributed by atoms with Gasteiger partial charge in [-0.15, -0.1) is 0 Å². The van der Waals surface area contributed by atoms with E-state index in [0.717, 1.165) is 24.6 Å². The zero-order chi connectivity index (χ0) is 31.8. The van der Waals surface area contributed by atoms with Gasteiger partial charge in [0.15, 0.2) is 5.82 Å². The quantitative estimate of drug-likeness (QED) is 0.324. The molecule has 4 N–H and O–H groups in total. The third-order valence-electron chi connectivity index (χ3n) is 4.40. The van der Waals surface area contributed by atoms with Crippen molar-refractivity contribution in [2.75, 3.05) is 22.8 Å². The molecule has 3 rings (SSSR count). The van der Waals surface area contributed by atoms with Crippen molar-refractivity contribution in [1.82, 2.24) is 25.1 Å². The lowest BCUT2D eigenvalue weighted by molar-refractivity contribution is 0.191. The number of rotatable bonds is 9. The normalized spacial score (nSPS) is 16.4. The molecule has 1 amide bonds. The minimum Gasteiger partial charge on any atom is -0.465 e. The lowest BCUT2D eigenvalue weighted by Crippen LogP contribution is -2.36. The molecule has 14 heteroatoms. The molecular weight excluding hydrogens is 501 g/mol. The van der Waals surface area contributed by atoms with Crippen molar-refractivity contribution < 1.29 is 32.3 Å². The van der Waals surface area contributed by atoms with Gasteiger partial charge >= 0.3 is 6.09 Å². The van der Waals surface area contributed by atoms with Crippen LogP contribution in [0.5, 0.6) is 0 Å². The van der Waals surface area contributed by atoms with E-state index in [2.05, 4.69) is 25.7 Å². The number of hydrogen-bond acceptors (Lipinski definition) is 7. The standard InChI is InChI=1S/C21H25ClFN7O4S/c1-11(2)30-10-15(16-5-6-24-20(27-16)25-9-12(3)26-21(31)32)19(28-30)14-7-13(22)8-17(18(14)23)29-35(4,33)34/h5-8,10-12,26,29H,9H2,1-4H3,(H,31,32)(H,24,25,27)/i1D3,2D3,11D. The van der Waals surface area contributed by atoms with Gasteiger partial charge < -0.3 is 15.7 Å². The van der Waals surface area contributed by atoms with Gasteiger partial charge in [-0.1, -0.05) is 11.6 Å². The number of nitrogens with one attached hydrogen (secondary N) is 3. The molecule has 0 fully saturated rings.